The van der Waals surface area contributed by atoms with Gasteiger partial charge in [-0.05, 0) is 42.0 Å². The van der Waals surface area contributed by atoms with E-state index in [1.165, 1.54) is 22.0 Å². The third kappa shape index (κ3) is 5.12. The monoisotopic (exact) mass is 490 g/mol. The number of benzene rings is 3. The van der Waals surface area contributed by atoms with Gasteiger partial charge >= 0.3 is 0 Å². The van der Waals surface area contributed by atoms with Crippen LogP contribution in [0.4, 0.5) is 5.69 Å². The van der Waals surface area contributed by atoms with Gasteiger partial charge in [0, 0.05) is 50.9 Å². The van der Waals surface area contributed by atoms with Crippen molar-refractivity contribution < 1.29 is 17.6 Å². The Kier molecular flexibility index (Phi) is 6.38. The van der Waals surface area contributed by atoms with Gasteiger partial charge in [-0.25, -0.2) is 13.4 Å². The van der Waals surface area contributed by atoms with Gasteiger partial charge in [0.05, 0.1) is 4.90 Å². The van der Waals surface area contributed by atoms with Gasteiger partial charge in [0.25, 0.3) is 5.91 Å². The molecule has 1 N–H and O–H groups in total. The van der Waals surface area contributed by atoms with E-state index in [2.05, 4.69) is 27.3 Å². The van der Waals surface area contributed by atoms with Crippen LogP contribution in [0.2, 0.25) is 0 Å². The van der Waals surface area contributed by atoms with Crippen molar-refractivity contribution in [2.24, 2.45) is 0 Å². The lowest BCUT2D eigenvalue weighted by Crippen LogP contribution is -2.48. The Balaban J connectivity index is 1.26. The number of hydrogen-bond acceptors (Lipinski definition) is 6. The number of sulfonamides is 1. The number of carbonyl (C=O) groups excluding carboxylic acids is 1. The van der Waals surface area contributed by atoms with Gasteiger partial charge in [0.2, 0.25) is 10.0 Å². The highest BCUT2D eigenvalue weighted by Crippen LogP contribution is 2.22. The molecule has 1 amide bonds. The van der Waals surface area contributed by atoms with Crippen LogP contribution >= 0.6 is 0 Å². The lowest BCUT2D eigenvalue weighted by molar-refractivity contribution is 0.102. The van der Waals surface area contributed by atoms with Gasteiger partial charge in [-0.1, -0.05) is 36.4 Å². The number of carbonyl (C=O) groups is 1. The molecule has 1 aliphatic heterocycles. The van der Waals surface area contributed by atoms with Crippen LogP contribution < -0.4 is 5.32 Å². The van der Waals surface area contributed by atoms with Crippen LogP contribution in [0.3, 0.4) is 0 Å². The predicted octanol–water partition coefficient (Wildman–Crippen LogP) is 3.90. The molecule has 35 heavy (non-hydrogen) atoms. The molecular formula is C26H26N4O4S. The largest absolute Gasteiger partial charge is 0.441 e. The van der Waals surface area contributed by atoms with Crippen molar-refractivity contribution in [3.8, 4) is 0 Å². The number of aryl methyl sites for hydroxylation is 1. The van der Waals surface area contributed by atoms with E-state index in [1.54, 1.807) is 37.3 Å². The van der Waals surface area contributed by atoms with Crippen molar-refractivity contribution in [1.29, 1.82) is 0 Å². The van der Waals surface area contributed by atoms with Crippen LogP contribution in [0, 0.1) is 6.92 Å². The summed E-state index contributed by atoms with van der Waals surface area (Å²) < 4.78 is 33.5. The average molecular weight is 491 g/mol. The summed E-state index contributed by atoms with van der Waals surface area (Å²) in [4.78, 5) is 19.5. The fourth-order valence-corrected chi connectivity index (χ4v) is 5.71. The fourth-order valence-electron chi connectivity index (χ4n) is 4.24. The first kappa shape index (κ1) is 23.2. The SMILES string of the molecule is Cc1nc2cc(NC(=O)c3cccc(S(=O)(=O)N4CCN(Cc5ccccc5)CC4)c3)ccc2o1. The van der Waals surface area contributed by atoms with E-state index in [9.17, 15) is 13.2 Å². The van der Waals surface area contributed by atoms with Crippen molar-refractivity contribution in [2.75, 3.05) is 31.5 Å². The zero-order chi connectivity index (χ0) is 24.4. The molecule has 1 aliphatic rings. The average Bonchev–Trinajstić information content (AvgIpc) is 3.24. The summed E-state index contributed by atoms with van der Waals surface area (Å²) in [5, 5.41) is 2.81. The third-order valence-corrected chi connectivity index (χ3v) is 7.96. The predicted molar refractivity (Wildman–Crippen MR) is 134 cm³/mol. The van der Waals surface area contributed by atoms with Gasteiger partial charge in [-0.2, -0.15) is 4.31 Å². The number of anilines is 1. The summed E-state index contributed by atoms with van der Waals surface area (Å²) in [6.07, 6.45) is 0. The highest BCUT2D eigenvalue weighted by atomic mass is 32.2. The molecule has 0 bridgehead atoms. The zero-order valence-corrected chi connectivity index (χ0v) is 20.2. The van der Waals surface area contributed by atoms with Gasteiger partial charge < -0.3 is 9.73 Å². The normalized spacial score (nSPS) is 15.3. The Morgan fingerprint density at radius 1 is 0.971 bits per heavy atom. The molecule has 0 saturated carbocycles. The summed E-state index contributed by atoms with van der Waals surface area (Å²) in [5.41, 5.74) is 3.31. The van der Waals surface area contributed by atoms with Crippen molar-refractivity contribution in [3.63, 3.8) is 0 Å². The number of piperazine rings is 1. The fraction of sp³-hybridized carbons (Fsp3) is 0.231. The van der Waals surface area contributed by atoms with E-state index in [1.807, 2.05) is 18.2 Å². The first-order valence-corrected chi connectivity index (χ1v) is 12.9. The molecule has 1 aromatic heterocycles. The molecule has 9 heteroatoms. The van der Waals surface area contributed by atoms with Crippen molar-refractivity contribution in [1.82, 2.24) is 14.2 Å². The van der Waals surface area contributed by atoms with Crippen molar-refractivity contribution in [3.05, 3.63) is 89.8 Å². The first-order chi connectivity index (χ1) is 16.9. The van der Waals surface area contributed by atoms with Gasteiger partial charge in [0.15, 0.2) is 11.5 Å². The second kappa shape index (κ2) is 9.61. The molecule has 0 unspecified atom stereocenters. The Morgan fingerprint density at radius 2 is 1.74 bits per heavy atom. The van der Waals surface area contributed by atoms with Crippen molar-refractivity contribution >= 4 is 32.7 Å². The number of fused-ring (bicyclic) bond motifs is 1. The topological polar surface area (TPSA) is 95.7 Å². The smallest absolute Gasteiger partial charge is 0.255 e. The summed E-state index contributed by atoms with van der Waals surface area (Å²) in [6.45, 7) is 4.67. The molecule has 0 aliphatic carbocycles. The van der Waals surface area contributed by atoms with Crippen LogP contribution in [0.5, 0.6) is 0 Å². The Morgan fingerprint density at radius 3 is 2.51 bits per heavy atom. The van der Waals surface area contributed by atoms with Crippen LogP contribution in [0.25, 0.3) is 11.1 Å². The Labute approximate surface area is 204 Å². The molecule has 1 saturated heterocycles. The maximum atomic E-state index is 13.3. The van der Waals surface area contributed by atoms with E-state index < -0.39 is 15.9 Å². The number of amides is 1. The number of oxazole rings is 1. The van der Waals surface area contributed by atoms with Crippen LogP contribution in [-0.4, -0.2) is 54.7 Å². The van der Waals surface area contributed by atoms with E-state index in [0.717, 1.165) is 6.54 Å². The minimum absolute atomic E-state index is 0.115. The summed E-state index contributed by atoms with van der Waals surface area (Å²) in [7, 11) is -3.71. The quantitative estimate of drug-likeness (QED) is 0.441. The lowest BCUT2D eigenvalue weighted by Gasteiger charge is -2.34. The molecule has 0 atom stereocenters. The van der Waals surface area contributed by atoms with E-state index in [0.29, 0.717) is 48.9 Å². The summed E-state index contributed by atoms with van der Waals surface area (Å²) >= 11 is 0. The third-order valence-electron chi connectivity index (χ3n) is 6.07. The van der Waals surface area contributed by atoms with Gasteiger partial charge in [0.1, 0.15) is 5.52 Å². The van der Waals surface area contributed by atoms with Crippen LogP contribution in [-0.2, 0) is 16.6 Å². The number of hydrogen-bond donors (Lipinski definition) is 1. The molecule has 180 valence electrons. The van der Waals surface area contributed by atoms with Crippen LogP contribution in [0.1, 0.15) is 21.8 Å². The molecule has 0 spiro atoms. The molecule has 4 aromatic rings. The minimum atomic E-state index is -3.71. The lowest BCUT2D eigenvalue weighted by atomic mass is 10.2. The number of nitrogens with one attached hydrogen (secondary N) is 1. The minimum Gasteiger partial charge on any atom is -0.441 e. The maximum absolute atomic E-state index is 13.3. The molecule has 0 radical (unpaired) electrons. The molecule has 1 fully saturated rings. The Bertz CT molecular complexity index is 1460. The summed E-state index contributed by atoms with van der Waals surface area (Å²) in [5.74, 6) is 0.150. The Hall–Kier alpha value is -3.53. The molecule has 2 heterocycles. The first-order valence-electron chi connectivity index (χ1n) is 11.4. The van der Waals surface area contributed by atoms with E-state index in [-0.39, 0.29) is 10.5 Å². The van der Waals surface area contributed by atoms with Gasteiger partial charge in [-0.3, -0.25) is 9.69 Å². The van der Waals surface area contributed by atoms with E-state index >= 15 is 0 Å². The zero-order valence-electron chi connectivity index (χ0n) is 19.3. The molecule has 5 rings (SSSR count). The molecule has 8 nitrogen and oxygen atoms in total. The van der Waals surface area contributed by atoms with Gasteiger partial charge in [-0.15, -0.1) is 0 Å². The number of rotatable bonds is 6. The maximum Gasteiger partial charge on any atom is 0.255 e. The second-order valence-electron chi connectivity index (χ2n) is 8.56. The highest BCUT2D eigenvalue weighted by Gasteiger charge is 2.29. The van der Waals surface area contributed by atoms with Crippen LogP contribution in [0.15, 0.2) is 82.1 Å². The standard InChI is InChI=1S/C26H26N4O4S/c1-19-27-24-17-22(10-11-25(24)34-19)28-26(31)21-8-5-9-23(16-21)35(32,33)30-14-12-29(13-15-30)18-20-6-3-2-4-7-20/h2-11,16-17H,12-15,18H2,1H3,(H,28,31). The van der Waals surface area contributed by atoms with Crippen molar-refractivity contribution in [2.45, 2.75) is 18.4 Å². The second-order valence-corrected chi connectivity index (χ2v) is 10.5. The molecule has 3 aromatic carbocycles. The highest BCUT2D eigenvalue weighted by molar-refractivity contribution is 7.89. The number of aromatic nitrogens is 1. The van der Waals surface area contributed by atoms with E-state index in [4.69, 9.17) is 4.42 Å². The molecular weight excluding hydrogens is 464 g/mol. The summed E-state index contributed by atoms with van der Waals surface area (Å²) in [6, 6.07) is 21.5. The number of nitrogens with zero attached hydrogens (tertiary/aromatic N) is 3.